The maximum Gasteiger partial charge on any atom is 0.319 e. The van der Waals surface area contributed by atoms with Crippen molar-refractivity contribution < 1.29 is 9.59 Å². The molecule has 0 fully saturated rings. The second-order valence-electron chi connectivity index (χ2n) is 4.09. The first-order chi connectivity index (χ1) is 8.00. The fourth-order valence-corrected chi connectivity index (χ4v) is 1.79. The number of hydrogen-bond donors (Lipinski definition) is 1. The number of Topliss-reactive ketones (excluding diaryl/α,β-unsaturated/α-hetero) is 1. The first kappa shape index (κ1) is 14.2. The molecule has 18 heavy (non-hydrogen) atoms. The zero-order valence-corrected chi connectivity index (χ0v) is 11.0. The Morgan fingerprint density at radius 1 is 1.44 bits per heavy atom. The predicted molar refractivity (Wildman–Crippen MR) is 71.7 cm³/mol. The smallest absolute Gasteiger partial charge is 0.319 e. The van der Waals surface area contributed by atoms with Crippen molar-refractivity contribution in [3.63, 3.8) is 0 Å². The molecule has 1 aliphatic rings. The summed E-state index contributed by atoms with van der Waals surface area (Å²) in [5.41, 5.74) is 6.08. The normalized spacial score (nSPS) is 13.7. The van der Waals surface area contributed by atoms with E-state index < -0.39 is 6.03 Å². The highest BCUT2D eigenvalue weighted by Gasteiger charge is 2.27. The van der Waals surface area contributed by atoms with Crippen LogP contribution in [0, 0.1) is 0 Å². The van der Waals surface area contributed by atoms with Crippen molar-refractivity contribution in [2.24, 2.45) is 5.73 Å². The highest BCUT2D eigenvalue weighted by Crippen LogP contribution is 2.27. The molecule has 0 aromatic carbocycles. The highest BCUT2D eigenvalue weighted by molar-refractivity contribution is 6.07. The lowest BCUT2D eigenvalue weighted by atomic mass is 10.1. The number of carbonyl (C=O) groups is 2. The topological polar surface area (TPSA) is 79.5 Å². The molecule has 7 heteroatoms. The first-order valence-corrected chi connectivity index (χ1v) is 5.29. The summed E-state index contributed by atoms with van der Waals surface area (Å²) in [4.78, 5) is 30.4. The Labute approximate surface area is 111 Å². The van der Waals surface area contributed by atoms with Crippen LogP contribution in [0.3, 0.4) is 0 Å². The third-order valence-electron chi connectivity index (χ3n) is 2.70. The SMILES string of the molecule is CN(C)c1ccc2c(n1)C(=O)CCN2C(N)=O.Cl. The molecule has 2 heterocycles. The number of hydrogen-bond acceptors (Lipinski definition) is 4. The number of nitrogens with two attached hydrogens (primary N) is 1. The molecule has 1 aliphatic heterocycles. The lowest BCUT2D eigenvalue weighted by Crippen LogP contribution is -2.41. The van der Waals surface area contributed by atoms with E-state index >= 15 is 0 Å². The van der Waals surface area contributed by atoms with E-state index in [0.717, 1.165) is 0 Å². The number of halogens is 1. The number of nitrogens with zero attached hydrogens (tertiary/aromatic N) is 3. The Balaban J connectivity index is 0.00000162. The molecule has 2 amide bonds. The number of carbonyl (C=O) groups excluding carboxylic acids is 2. The van der Waals surface area contributed by atoms with E-state index in [-0.39, 0.29) is 24.6 Å². The summed E-state index contributed by atoms with van der Waals surface area (Å²) < 4.78 is 0. The molecule has 0 spiro atoms. The summed E-state index contributed by atoms with van der Waals surface area (Å²) in [6.45, 7) is 0.324. The Kier molecular flexibility index (Phi) is 4.13. The fourth-order valence-electron chi connectivity index (χ4n) is 1.79. The van der Waals surface area contributed by atoms with Gasteiger partial charge in [0.05, 0.1) is 5.69 Å². The first-order valence-electron chi connectivity index (χ1n) is 5.29. The minimum absolute atomic E-state index is 0. The molecule has 1 aromatic heterocycles. The number of primary amides is 1. The fraction of sp³-hybridized carbons (Fsp3) is 0.364. The van der Waals surface area contributed by atoms with Gasteiger partial charge in [-0.3, -0.25) is 9.69 Å². The molecule has 0 aliphatic carbocycles. The third-order valence-corrected chi connectivity index (χ3v) is 2.70. The van der Waals surface area contributed by atoms with Gasteiger partial charge in [0.25, 0.3) is 0 Å². The summed E-state index contributed by atoms with van der Waals surface area (Å²) in [6, 6.07) is 2.91. The van der Waals surface area contributed by atoms with E-state index in [1.165, 1.54) is 4.90 Å². The minimum atomic E-state index is -0.557. The Morgan fingerprint density at radius 2 is 2.11 bits per heavy atom. The molecule has 0 unspecified atom stereocenters. The standard InChI is InChI=1S/C11H14N4O2.ClH/c1-14(2)9-4-3-7-10(13-9)8(16)5-6-15(7)11(12)17;/h3-4H,5-6H2,1-2H3,(H2,12,17);1H. The molecule has 0 radical (unpaired) electrons. The second kappa shape index (κ2) is 5.22. The van der Waals surface area contributed by atoms with Gasteiger partial charge in [-0.25, -0.2) is 9.78 Å². The van der Waals surface area contributed by atoms with Gasteiger partial charge in [0.1, 0.15) is 11.5 Å². The van der Waals surface area contributed by atoms with Gasteiger partial charge in [-0.2, -0.15) is 0 Å². The molecule has 0 saturated carbocycles. The number of amides is 2. The largest absolute Gasteiger partial charge is 0.363 e. The second-order valence-corrected chi connectivity index (χ2v) is 4.09. The number of rotatable bonds is 1. The van der Waals surface area contributed by atoms with Crippen molar-refractivity contribution in [3.05, 3.63) is 17.8 Å². The zero-order valence-electron chi connectivity index (χ0n) is 10.2. The summed E-state index contributed by atoms with van der Waals surface area (Å²) in [6.07, 6.45) is 0.264. The molecule has 0 saturated heterocycles. The van der Waals surface area contributed by atoms with Crippen molar-refractivity contribution >= 4 is 35.7 Å². The molecule has 6 nitrogen and oxygen atoms in total. The number of urea groups is 1. The van der Waals surface area contributed by atoms with Gasteiger partial charge in [-0.15, -0.1) is 12.4 Å². The number of anilines is 2. The van der Waals surface area contributed by atoms with E-state index in [4.69, 9.17) is 5.73 Å². The van der Waals surface area contributed by atoms with E-state index in [1.54, 1.807) is 17.0 Å². The van der Waals surface area contributed by atoms with Crippen LogP contribution in [0.5, 0.6) is 0 Å². The van der Waals surface area contributed by atoms with E-state index in [2.05, 4.69) is 4.98 Å². The van der Waals surface area contributed by atoms with Crippen molar-refractivity contribution in [2.45, 2.75) is 6.42 Å². The van der Waals surface area contributed by atoms with Crippen molar-refractivity contribution in [3.8, 4) is 0 Å². The van der Waals surface area contributed by atoms with Crippen LogP contribution in [0.4, 0.5) is 16.3 Å². The number of ketones is 1. The van der Waals surface area contributed by atoms with Gasteiger partial charge >= 0.3 is 6.03 Å². The maximum absolute atomic E-state index is 11.8. The average molecular weight is 271 g/mol. The molecular formula is C11H15ClN4O2. The summed E-state index contributed by atoms with van der Waals surface area (Å²) in [5.74, 6) is 0.629. The zero-order chi connectivity index (χ0) is 12.6. The molecule has 0 bridgehead atoms. The molecule has 98 valence electrons. The van der Waals surface area contributed by atoms with Crippen LogP contribution in [0.15, 0.2) is 12.1 Å². The monoisotopic (exact) mass is 270 g/mol. The minimum Gasteiger partial charge on any atom is -0.363 e. The van der Waals surface area contributed by atoms with Crippen molar-refractivity contribution in [1.29, 1.82) is 0 Å². The Bertz CT molecular complexity index is 490. The van der Waals surface area contributed by atoms with Crippen molar-refractivity contribution in [1.82, 2.24) is 4.98 Å². The van der Waals surface area contributed by atoms with Crippen LogP contribution in [-0.4, -0.2) is 37.4 Å². The van der Waals surface area contributed by atoms with Gasteiger partial charge in [-0.05, 0) is 12.1 Å². The molecular weight excluding hydrogens is 256 g/mol. The van der Waals surface area contributed by atoms with Crippen LogP contribution < -0.4 is 15.5 Å². The summed E-state index contributed by atoms with van der Waals surface area (Å²) >= 11 is 0. The van der Waals surface area contributed by atoms with E-state index in [9.17, 15) is 9.59 Å². The lowest BCUT2D eigenvalue weighted by molar-refractivity contribution is 0.0976. The molecule has 0 atom stereocenters. The number of fused-ring (bicyclic) bond motifs is 1. The Morgan fingerprint density at radius 3 is 2.67 bits per heavy atom. The number of aromatic nitrogens is 1. The highest BCUT2D eigenvalue weighted by atomic mass is 35.5. The van der Waals surface area contributed by atoms with Crippen LogP contribution in [-0.2, 0) is 0 Å². The Hall–Kier alpha value is -1.82. The van der Waals surface area contributed by atoms with Crippen LogP contribution in [0.2, 0.25) is 0 Å². The third kappa shape index (κ3) is 2.38. The van der Waals surface area contributed by atoms with Crippen molar-refractivity contribution in [2.75, 3.05) is 30.4 Å². The van der Waals surface area contributed by atoms with Gasteiger partial charge in [0, 0.05) is 27.1 Å². The van der Waals surface area contributed by atoms with Crippen LogP contribution >= 0.6 is 12.4 Å². The summed E-state index contributed by atoms with van der Waals surface area (Å²) in [5, 5.41) is 0. The van der Waals surface area contributed by atoms with E-state index in [1.807, 2.05) is 14.1 Å². The average Bonchev–Trinajstić information content (AvgIpc) is 2.28. The van der Waals surface area contributed by atoms with Gasteiger partial charge in [0.2, 0.25) is 0 Å². The van der Waals surface area contributed by atoms with E-state index in [0.29, 0.717) is 23.7 Å². The lowest BCUT2D eigenvalue weighted by Gasteiger charge is -2.27. The van der Waals surface area contributed by atoms with Gasteiger partial charge < -0.3 is 10.6 Å². The van der Waals surface area contributed by atoms with Crippen LogP contribution in [0.1, 0.15) is 16.9 Å². The van der Waals surface area contributed by atoms with Gasteiger partial charge in [0.15, 0.2) is 5.78 Å². The predicted octanol–water partition coefficient (Wildman–Crippen LogP) is 1.04. The number of pyridine rings is 1. The molecule has 2 N–H and O–H groups in total. The maximum atomic E-state index is 11.8. The van der Waals surface area contributed by atoms with Gasteiger partial charge in [-0.1, -0.05) is 0 Å². The molecule has 2 rings (SSSR count). The quantitative estimate of drug-likeness (QED) is 0.827. The van der Waals surface area contributed by atoms with Crippen LogP contribution in [0.25, 0.3) is 0 Å². The summed E-state index contributed by atoms with van der Waals surface area (Å²) in [7, 11) is 3.68. The molecule has 1 aromatic rings.